The number of carbonyl (C=O) groups is 3. The Morgan fingerprint density at radius 1 is 1.15 bits per heavy atom. The number of halogens is 3. The third kappa shape index (κ3) is 7.64. The van der Waals surface area contributed by atoms with Crippen molar-refractivity contribution in [2.45, 2.75) is 31.7 Å². The summed E-state index contributed by atoms with van der Waals surface area (Å²) in [5.41, 5.74) is 1.68. The van der Waals surface area contributed by atoms with Gasteiger partial charge in [0.2, 0.25) is 5.91 Å². The fraction of sp³-hybridized carbons (Fsp3) is 0.321. The van der Waals surface area contributed by atoms with Crippen LogP contribution >= 0.6 is 0 Å². The van der Waals surface area contributed by atoms with Crippen LogP contribution in [0.25, 0.3) is 10.8 Å². The predicted molar refractivity (Wildman–Crippen MR) is 145 cm³/mol. The lowest BCUT2D eigenvalue weighted by Crippen LogP contribution is -2.51. The van der Waals surface area contributed by atoms with Gasteiger partial charge in [0.05, 0.1) is 24.9 Å². The fourth-order valence-electron chi connectivity index (χ4n) is 4.10. The molecular formula is C28H30F3N3O7. The van der Waals surface area contributed by atoms with Crippen molar-refractivity contribution in [1.82, 2.24) is 10.6 Å². The highest BCUT2D eigenvalue weighted by Gasteiger charge is 2.38. The van der Waals surface area contributed by atoms with Gasteiger partial charge in [-0.15, -0.1) is 0 Å². The third-order valence-electron chi connectivity index (χ3n) is 6.40. The van der Waals surface area contributed by atoms with E-state index in [0.29, 0.717) is 23.7 Å². The number of benzene rings is 3. The van der Waals surface area contributed by atoms with Crippen LogP contribution in [-0.4, -0.2) is 73.6 Å². The van der Waals surface area contributed by atoms with Gasteiger partial charge in [-0.25, -0.2) is 9.59 Å². The molecule has 0 saturated carbocycles. The zero-order valence-corrected chi connectivity index (χ0v) is 22.5. The van der Waals surface area contributed by atoms with E-state index >= 15 is 0 Å². The number of hydrogen-bond donors (Lipinski definition) is 4. The van der Waals surface area contributed by atoms with Gasteiger partial charge in [0, 0.05) is 18.2 Å². The highest BCUT2D eigenvalue weighted by atomic mass is 19.4. The van der Waals surface area contributed by atoms with Gasteiger partial charge in [-0.1, -0.05) is 24.3 Å². The number of nitrogens with one attached hydrogen (secondary N) is 2. The molecule has 0 aliphatic carbocycles. The Morgan fingerprint density at radius 2 is 1.83 bits per heavy atom. The van der Waals surface area contributed by atoms with Crippen molar-refractivity contribution in [2.24, 2.45) is 0 Å². The molecule has 4 rings (SSSR count). The quantitative estimate of drug-likeness (QED) is 0.316. The van der Waals surface area contributed by atoms with Crippen molar-refractivity contribution >= 4 is 34.3 Å². The Balaban J connectivity index is 0.000000587. The van der Waals surface area contributed by atoms with Gasteiger partial charge < -0.3 is 35.2 Å². The molecule has 0 unspecified atom stereocenters. The Kier molecular flexibility index (Phi) is 10.1. The van der Waals surface area contributed by atoms with Crippen molar-refractivity contribution in [2.75, 3.05) is 32.2 Å². The van der Waals surface area contributed by atoms with Crippen LogP contribution in [0.3, 0.4) is 0 Å². The topological polar surface area (TPSA) is 137 Å². The standard InChI is InChI=1S/C26H29N3O5.C2HF3O2/c1-16(27-2)13-28-21-15-34-24-7-5-4-6-22(24)29(25(21)30)14-20-19-10-8-18(26(31)32)12-17(19)9-11-23(20)33-3;3-2(4,5)1(6)7/h4-12,16,21,27-28H,13-15H2,1-3H3,(H,31,32);(H,6,7)/t16-,21-;/m0./s1. The maximum absolute atomic E-state index is 13.7. The molecule has 1 heterocycles. The van der Waals surface area contributed by atoms with Crippen LogP contribution in [-0.2, 0) is 16.1 Å². The number of carboxylic acid groups (broad SMARTS) is 2. The normalized spacial score (nSPS) is 15.6. The maximum atomic E-state index is 13.7. The second-order valence-electron chi connectivity index (χ2n) is 9.14. The third-order valence-corrected chi connectivity index (χ3v) is 6.40. The molecule has 13 heteroatoms. The van der Waals surface area contributed by atoms with Gasteiger partial charge in [0.1, 0.15) is 24.1 Å². The molecule has 2 atom stereocenters. The number of aliphatic carboxylic acids is 1. The van der Waals surface area contributed by atoms with E-state index in [4.69, 9.17) is 19.4 Å². The minimum atomic E-state index is -5.08. The zero-order chi connectivity index (χ0) is 30.3. The minimum Gasteiger partial charge on any atom is -0.496 e. The lowest BCUT2D eigenvalue weighted by molar-refractivity contribution is -0.192. The van der Waals surface area contributed by atoms with E-state index in [1.54, 1.807) is 36.3 Å². The van der Waals surface area contributed by atoms with E-state index in [1.807, 2.05) is 44.3 Å². The second kappa shape index (κ2) is 13.3. The summed E-state index contributed by atoms with van der Waals surface area (Å²) in [6.45, 7) is 3.10. The molecule has 0 radical (unpaired) electrons. The van der Waals surface area contributed by atoms with Gasteiger partial charge in [0.15, 0.2) is 0 Å². The first-order valence-electron chi connectivity index (χ1n) is 12.4. The van der Waals surface area contributed by atoms with E-state index in [0.717, 1.165) is 16.3 Å². The Labute approximate surface area is 233 Å². The number of hydrogen-bond acceptors (Lipinski definition) is 7. The fourth-order valence-corrected chi connectivity index (χ4v) is 4.10. The Bertz CT molecular complexity index is 1410. The van der Waals surface area contributed by atoms with E-state index in [1.165, 1.54) is 0 Å². The lowest BCUT2D eigenvalue weighted by Gasteiger charge is -2.27. The van der Waals surface area contributed by atoms with Crippen molar-refractivity contribution in [1.29, 1.82) is 0 Å². The first kappa shape index (κ1) is 31.2. The number of para-hydroxylation sites is 2. The molecule has 0 aromatic heterocycles. The predicted octanol–water partition coefficient (Wildman–Crippen LogP) is 3.67. The summed E-state index contributed by atoms with van der Waals surface area (Å²) in [7, 11) is 3.46. The number of fused-ring (bicyclic) bond motifs is 2. The number of nitrogens with zero attached hydrogens (tertiary/aromatic N) is 1. The number of ether oxygens (including phenoxy) is 2. The van der Waals surface area contributed by atoms with Gasteiger partial charge >= 0.3 is 18.1 Å². The summed E-state index contributed by atoms with van der Waals surface area (Å²) >= 11 is 0. The molecular weight excluding hydrogens is 547 g/mol. The number of amides is 1. The van der Waals surface area contributed by atoms with Crippen LogP contribution < -0.4 is 25.0 Å². The van der Waals surface area contributed by atoms with Gasteiger partial charge in [-0.2, -0.15) is 13.2 Å². The molecule has 1 amide bonds. The highest BCUT2D eigenvalue weighted by molar-refractivity contribution is 6.01. The molecule has 1 aliphatic heterocycles. The van der Waals surface area contributed by atoms with Gasteiger partial charge in [-0.3, -0.25) is 4.79 Å². The van der Waals surface area contributed by atoms with Crippen LogP contribution in [0.1, 0.15) is 22.8 Å². The largest absolute Gasteiger partial charge is 0.496 e. The molecule has 220 valence electrons. The maximum Gasteiger partial charge on any atom is 0.490 e. The SMILES string of the molecule is CN[C@@H](C)CN[C@H]1COc2ccccc2N(Cc2c(OC)ccc3cc(C(=O)O)ccc23)C1=O.O=C(O)C(F)(F)F. The summed E-state index contributed by atoms with van der Waals surface area (Å²) in [5, 5.41) is 24.6. The number of carboxylic acids is 2. The number of methoxy groups -OCH3 is 1. The van der Waals surface area contributed by atoms with Gasteiger partial charge in [-0.05, 0) is 55.1 Å². The van der Waals surface area contributed by atoms with Crippen LogP contribution in [0.4, 0.5) is 18.9 Å². The Hall–Kier alpha value is -4.36. The highest BCUT2D eigenvalue weighted by Crippen LogP contribution is 2.36. The molecule has 0 spiro atoms. The molecule has 0 fully saturated rings. The summed E-state index contributed by atoms with van der Waals surface area (Å²) in [6.07, 6.45) is -5.08. The molecule has 0 saturated heterocycles. The smallest absolute Gasteiger partial charge is 0.490 e. The Morgan fingerprint density at radius 3 is 2.44 bits per heavy atom. The lowest BCUT2D eigenvalue weighted by atomic mass is 10.00. The van der Waals surface area contributed by atoms with Crippen molar-refractivity contribution < 1.29 is 47.2 Å². The monoisotopic (exact) mass is 577 g/mol. The molecule has 41 heavy (non-hydrogen) atoms. The van der Waals surface area contributed by atoms with Crippen molar-refractivity contribution in [3.63, 3.8) is 0 Å². The average molecular weight is 578 g/mol. The molecule has 0 bridgehead atoms. The summed E-state index contributed by atoms with van der Waals surface area (Å²) in [5.74, 6) is -2.59. The summed E-state index contributed by atoms with van der Waals surface area (Å²) in [6, 6.07) is 15.7. The number of anilines is 1. The molecule has 10 nitrogen and oxygen atoms in total. The van der Waals surface area contributed by atoms with E-state index in [9.17, 15) is 27.9 Å². The molecule has 3 aromatic rings. The van der Waals surface area contributed by atoms with Crippen LogP contribution in [0.2, 0.25) is 0 Å². The van der Waals surface area contributed by atoms with E-state index in [2.05, 4.69) is 10.6 Å². The summed E-state index contributed by atoms with van der Waals surface area (Å²) in [4.78, 5) is 35.8. The number of rotatable bonds is 8. The van der Waals surface area contributed by atoms with Crippen LogP contribution in [0.15, 0.2) is 54.6 Å². The van der Waals surface area contributed by atoms with E-state index < -0.39 is 24.2 Å². The first-order valence-corrected chi connectivity index (χ1v) is 12.4. The van der Waals surface area contributed by atoms with Gasteiger partial charge in [0.25, 0.3) is 0 Å². The number of aromatic carboxylic acids is 1. The first-order chi connectivity index (χ1) is 19.4. The van der Waals surface area contributed by atoms with Crippen LogP contribution in [0.5, 0.6) is 11.5 Å². The molecule has 1 aliphatic rings. The summed E-state index contributed by atoms with van der Waals surface area (Å²) < 4.78 is 43.4. The van der Waals surface area contributed by atoms with Crippen LogP contribution in [0, 0.1) is 0 Å². The zero-order valence-electron chi connectivity index (χ0n) is 22.5. The number of likely N-dealkylation sites (N-methyl/N-ethyl adjacent to an activating group) is 1. The van der Waals surface area contributed by atoms with Crippen molar-refractivity contribution in [3.8, 4) is 11.5 Å². The molecule has 4 N–H and O–H groups in total. The number of carbonyl (C=O) groups excluding carboxylic acids is 1. The molecule has 3 aromatic carbocycles. The van der Waals surface area contributed by atoms with Crippen molar-refractivity contribution in [3.05, 3.63) is 65.7 Å². The number of alkyl halides is 3. The van der Waals surface area contributed by atoms with E-state index in [-0.39, 0.29) is 30.7 Å². The second-order valence-corrected chi connectivity index (χ2v) is 9.14. The minimum absolute atomic E-state index is 0.102. The average Bonchev–Trinajstić information content (AvgIpc) is 3.07.